The Bertz CT molecular complexity index is 360. The van der Waals surface area contributed by atoms with E-state index in [4.69, 9.17) is 4.74 Å². The molecule has 18 heavy (non-hydrogen) atoms. The molecule has 2 atom stereocenters. The molecule has 1 unspecified atom stereocenters. The van der Waals surface area contributed by atoms with Crippen molar-refractivity contribution in [3.05, 3.63) is 0 Å². The van der Waals surface area contributed by atoms with Crippen molar-refractivity contribution in [3.8, 4) is 0 Å². The van der Waals surface area contributed by atoms with E-state index >= 15 is 0 Å². The molecule has 0 aromatic carbocycles. The molecule has 0 aromatic rings. The third-order valence-corrected chi connectivity index (χ3v) is 2.43. The average Bonchev–Trinajstić information content (AvgIpc) is 2.62. The molecule has 6 nitrogen and oxygen atoms in total. The third kappa shape index (κ3) is 4.35. The van der Waals surface area contributed by atoms with E-state index in [0.29, 0.717) is 12.8 Å². The van der Waals surface area contributed by atoms with Crippen molar-refractivity contribution in [2.24, 2.45) is 0 Å². The van der Waals surface area contributed by atoms with Gasteiger partial charge in [-0.15, -0.1) is 0 Å². The summed E-state index contributed by atoms with van der Waals surface area (Å²) < 4.78 is 5.14. The van der Waals surface area contributed by atoms with Crippen molar-refractivity contribution >= 4 is 17.8 Å². The number of carbonyl (C=O) groups is 3. The highest BCUT2D eigenvalue weighted by Crippen LogP contribution is 2.09. The van der Waals surface area contributed by atoms with Gasteiger partial charge in [0, 0.05) is 6.42 Å². The van der Waals surface area contributed by atoms with Crippen LogP contribution in [0.15, 0.2) is 0 Å². The zero-order valence-electron chi connectivity index (χ0n) is 11.2. The van der Waals surface area contributed by atoms with Crippen molar-refractivity contribution in [2.75, 3.05) is 0 Å². The van der Waals surface area contributed by atoms with Crippen LogP contribution < -0.4 is 10.6 Å². The van der Waals surface area contributed by atoms with Crippen LogP contribution in [0.1, 0.15) is 40.5 Å². The zero-order valence-corrected chi connectivity index (χ0v) is 11.2. The first-order valence-corrected chi connectivity index (χ1v) is 6.01. The minimum absolute atomic E-state index is 0.139. The molecule has 0 saturated carbocycles. The molecule has 0 aromatic heterocycles. The van der Waals surface area contributed by atoms with Gasteiger partial charge in [0.15, 0.2) is 0 Å². The summed E-state index contributed by atoms with van der Waals surface area (Å²) in [5, 5.41) is 5.08. The fourth-order valence-corrected chi connectivity index (χ4v) is 1.57. The maximum atomic E-state index is 11.7. The maximum absolute atomic E-state index is 11.7. The first-order chi connectivity index (χ1) is 8.19. The number of hydrogen-bond acceptors (Lipinski definition) is 4. The molecule has 1 aliphatic heterocycles. The summed E-state index contributed by atoms with van der Waals surface area (Å²) >= 11 is 0. The van der Waals surface area contributed by atoms with Crippen molar-refractivity contribution in [1.82, 2.24) is 10.6 Å². The van der Waals surface area contributed by atoms with Crippen LogP contribution >= 0.6 is 0 Å². The Morgan fingerprint density at radius 1 is 1.44 bits per heavy atom. The number of amides is 2. The van der Waals surface area contributed by atoms with Crippen LogP contribution in [0, 0.1) is 0 Å². The normalized spacial score (nSPS) is 21.1. The standard InChI is InChI=1S/C12H20N2O4/c1-7(11(17)18-12(2,3)4)13-10(16)8-5-6-9(15)14-8/h7-8H,5-6H2,1-4H3,(H,13,16)(H,14,15)/t7-,8?/m0/s1. The molecule has 1 aliphatic rings. The Kier molecular flexibility index (Phi) is 4.32. The van der Waals surface area contributed by atoms with E-state index in [2.05, 4.69) is 10.6 Å². The molecule has 1 heterocycles. The van der Waals surface area contributed by atoms with E-state index in [1.807, 2.05) is 0 Å². The summed E-state index contributed by atoms with van der Waals surface area (Å²) in [4.78, 5) is 34.4. The Labute approximate surface area is 106 Å². The summed E-state index contributed by atoms with van der Waals surface area (Å²) in [6.07, 6.45) is 0.810. The first-order valence-electron chi connectivity index (χ1n) is 6.01. The van der Waals surface area contributed by atoms with Gasteiger partial charge in [-0.25, -0.2) is 4.79 Å². The Balaban J connectivity index is 2.44. The summed E-state index contributed by atoms with van der Waals surface area (Å²) in [5.74, 6) is -0.973. The molecule has 1 rings (SSSR count). The number of rotatable bonds is 3. The lowest BCUT2D eigenvalue weighted by atomic mass is 10.2. The summed E-state index contributed by atoms with van der Waals surface area (Å²) in [6.45, 7) is 6.84. The van der Waals surface area contributed by atoms with Crippen molar-refractivity contribution in [3.63, 3.8) is 0 Å². The molecule has 0 radical (unpaired) electrons. The van der Waals surface area contributed by atoms with Gasteiger partial charge in [-0.2, -0.15) is 0 Å². The molecule has 0 bridgehead atoms. The van der Waals surface area contributed by atoms with Gasteiger partial charge < -0.3 is 15.4 Å². The van der Waals surface area contributed by atoms with E-state index in [1.165, 1.54) is 0 Å². The van der Waals surface area contributed by atoms with Gasteiger partial charge in [0.1, 0.15) is 17.7 Å². The molecule has 2 amide bonds. The van der Waals surface area contributed by atoms with Gasteiger partial charge in [-0.05, 0) is 34.1 Å². The molecular formula is C12H20N2O4. The van der Waals surface area contributed by atoms with Crippen LogP contribution in [0.4, 0.5) is 0 Å². The molecular weight excluding hydrogens is 236 g/mol. The van der Waals surface area contributed by atoms with Crippen LogP contribution in [0.2, 0.25) is 0 Å². The average molecular weight is 256 g/mol. The minimum Gasteiger partial charge on any atom is -0.458 e. The van der Waals surface area contributed by atoms with Crippen LogP contribution in [0.5, 0.6) is 0 Å². The number of carbonyl (C=O) groups excluding carboxylic acids is 3. The number of nitrogens with one attached hydrogen (secondary N) is 2. The Hall–Kier alpha value is -1.59. The monoisotopic (exact) mass is 256 g/mol. The molecule has 0 spiro atoms. The number of esters is 1. The van der Waals surface area contributed by atoms with Crippen molar-refractivity contribution < 1.29 is 19.1 Å². The van der Waals surface area contributed by atoms with Gasteiger partial charge in [-0.3, -0.25) is 9.59 Å². The predicted octanol–water partition coefficient (Wildman–Crippen LogP) is 0.111. The van der Waals surface area contributed by atoms with Gasteiger partial charge in [0.2, 0.25) is 11.8 Å². The van der Waals surface area contributed by atoms with Crippen LogP contribution in [0.25, 0.3) is 0 Å². The lowest BCUT2D eigenvalue weighted by Crippen LogP contribution is -2.48. The van der Waals surface area contributed by atoms with Crippen LogP contribution in [-0.4, -0.2) is 35.5 Å². The van der Waals surface area contributed by atoms with E-state index in [9.17, 15) is 14.4 Å². The topological polar surface area (TPSA) is 84.5 Å². The number of hydrogen-bond donors (Lipinski definition) is 2. The zero-order chi connectivity index (χ0) is 13.9. The summed E-state index contributed by atoms with van der Waals surface area (Å²) in [5.41, 5.74) is -0.586. The smallest absolute Gasteiger partial charge is 0.328 e. The van der Waals surface area contributed by atoms with E-state index in [-0.39, 0.29) is 11.8 Å². The highest BCUT2D eigenvalue weighted by atomic mass is 16.6. The van der Waals surface area contributed by atoms with E-state index < -0.39 is 23.7 Å². The molecule has 1 saturated heterocycles. The molecule has 0 aliphatic carbocycles. The van der Waals surface area contributed by atoms with Gasteiger partial charge in [0.25, 0.3) is 0 Å². The second-order valence-corrected chi connectivity index (χ2v) is 5.42. The number of ether oxygens (including phenoxy) is 1. The van der Waals surface area contributed by atoms with Crippen LogP contribution in [-0.2, 0) is 19.1 Å². The van der Waals surface area contributed by atoms with Gasteiger partial charge >= 0.3 is 5.97 Å². The summed E-state index contributed by atoms with van der Waals surface area (Å²) in [6, 6.07) is -1.27. The first kappa shape index (κ1) is 14.5. The molecule has 1 fully saturated rings. The van der Waals surface area contributed by atoms with Crippen molar-refractivity contribution in [1.29, 1.82) is 0 Å². The fraction of sp³-hybridized carbons (Fsp3) is 0.750. The highest BCUT2D eigenvalue weighted by Gasteiger charge is 2.30. The second kappa shape index (κ2) is 5.37. The summed E-state index contributed by atoms with van der Waals surface area (Å²) in [7, 11) is 0. The van der Waals surface area contributed by atoms with Gasteiger partial charge in [-0.1, -0.05) is 0 Å². The fourth-order valence-electron chi connectivity index (χ4n) is 1.57. The lowest BCUT2D eigenvalue weighted by molar-refractivity contribution is -0.158. The third-order valence-electron chi connectivity index (χ3n) is 2.43. The van der Waals surface area contributed by atoms with Crippen LogP contribution in [0.3, 0.4) is 0 Å². The molecule has 6 heteroatoms. The maximum Gasteiger partial charge on any atom is 0.328 e. The molecule has 102 valence electrons. The lowest BCUT2D eigenvalue weighted by Gasteiger charge is -2.23. The minimum atomic E-state index is -0.728. The molecule has 2 N–H and O–H groups in total. The quantitative estimate of drug-likeness (QED) is 0.702. The Morgan fingerprint density at radius 2 is 2.06 bits per heavy atom. The predicted molar refractivity (Wildman–Crippen MR) is 64.6 cm³/mol. The SMILES string of the molecule is C[C@H](NC(=O)C1CCC(=O)N1)C(=O)OC(C)(C)C. The van der Waals surface area contributed by atoms with E-state index in [0.717, 1.165) is 0 Å². The second-order valence-electron chi connectivity index (χ2n) is 5.42. The van der Waals surface area contributed by atoms with E-state index in [1.54, 1.807) is 27.7 Å². The highest BCUT2D eigenvalue weighted by molar-refractivity contribution is 5.92. The Morgan fingerprint density at radius 3 is 2.50 bits per heavy atom. The van der Waals surface area contributed by atoms with Gasteiger partial charge in [0.05, 0.1) is 0 Å². The van der Waals surface area contributed by atoms with Crippen molar-refractivity contribution in [2.45, 2.75) is 58.2 Å². The largest absolute Gasteiger partial charge is 0.458 e.